The Morgan fingerprint density at radius 2 is 2.33 bits per heavy atom. The van der Waals surface area contributed by atoms with E-state index in [0.717, 1.165) is 13.1 Å². The summed E-state index contributed by atoms with van der Waals surface area (Å²) in [6.07, 6.45) is 9.37. The number of rotatable bonds is 3. The molecular formula is C14H24N4. The van der Waals surface area contributed by atoms with Crippen molar-refractivity contribution < 1.29 is 0 Å². The molecule has 2 aliphatic heterocycles. The van der Waals surface area contributed by atoms with Gasteiger partial charge in [0.25, 0.3) is 0 Å². The quantitative estimate of drug-likeness (QED) is 0.879. The lowest BCUT2D eigenvalue weighted by Gasteiger charge is -2.26. The molecule has 0 amide bonds. The Kier molecular flexibility index (Phi) is 3.66. The van der Waals surface area contributed by atoms with Gasteiger partial charge in [-0.1, -0.05) is 0 Å². The third-order valence-corrected chi connectivity index (χ3v) is 4.54. The lowest BCUT2D eigenvalue weighted by molar-refractivity contribution is 0.277. The highest BCUT2D eigenvalue weighted by atomic mass is 15.2. The molecule has 0 saturated carbocycles. The maximum atomic E-state index is 4.38. The van der Waals surface area contributed by atoms with Crippen molar-refractivity contribution in [3.05, 3.63) is 18.2 Å². The van der Waals surface area contributed by atoms with Crippen molar-refractivity contribution in [2.24, 2.45) is 0 Å². The monoisotopic (exact) mass is 248 g/mol. The molecular weight excluding hydrogens is 224 g/mol. The fraction of sp³-hybridized carbons (Fsp3) is 0.786. The molecule has 3 heterocycles. The van der Waals surface area contributed by atoms with Crippen LogP contribution in [0.2, 0.25) is 0 Å². The Morgan fingerprint density at radius 1 is 1.39 bits per heavy atom. The Hall–Kier alpha value is -0.870. The van der Waals surface area contributed by atoms with E-state index in [2.05, 4.69) is 33.0 Å². The van der Waals surface area contributed by atoms with Gasteiger partial charge in [0, 0.05) is 36.9 Å². The molecule has 18 heavy (non-hydrogen) atoms. The maximum Gasteiger partial charge on any atom is 0.0948 e. The maximum absolute atomic E-state index is 4.38. The van der Waals surface area contributed by atoms with E-state index in [1.807, 2.05) is 6.33 Å². The predicted octanol–water partition coefficient (Wildman–Crippen LogP) is 1.44. The van der Waals surface area contributed by atoms with Gasteiger partial charge in [0.1, 0.15) is 0 Å². The van der Waals surface area contributed by atoms with E-state index in [9.17, 15) is 0 Å². The van der Waals surface area contributed by atoms with Gasteiger partial charge in [0.15, 0.2) is 0 Å². The van der Waals surface area contributed by atoms with E-state index < -0.39 is 0 Å². The zero-order valence-corrected chi connectivity index (χ0v) is 11.3. The summed E-state index contributed by atoms with van der Waals surface area (Å²) in [5.74, 6) is 0.660. The van der Waals surface area contributed by atoms with Crippen molar-refractivity contribution in [1.29, 1.82) is 0 Å². The lowest BCUT2D eigenvalue weighted by Crippen LogP contribution is -2.32. The van der Waals surface area contributed by atoms with Crippen LogP contribution in [0.15, 0.2) is 12.5 Å². The second kappa shape index (κ2) is 5.41. The van der Waals surface area contributed by atoms with E-state index >= 15 is 0 Å². The molecule has 1 aromatic heterocycles. The van der Waals surface area contributed by atoms with E-state index in [-0.39, 0.29) is 0 Å². The van der Waals surface area contributed by atoms with Crippen LogP contribution in [-0.4, -0.2) is 47.2 Å². The van der Waals surface area contributed by atoms with Crippen LogP contribution in [0.3, 0.4) is 0 Å². The van der Waals surface area contributed by atoms with Crippen LogP contribution >= 0.6 is 0 Å². The number of nitrogens with one attached hydrogen (secondary N) is 1. The Bertz CT molecular complexity index is 381. The molecule has 0 spiro atoms. The van der Waals surface area contributed by atoms with Crippen LogP contribution in [0.5, 0.6) is 0 Å². The average molecular weight is 248 g/mol. The van der Waals surface area contributed by atoms with E-state index in [4.69, 9.17) is 0 Å². The molecule has 0 aromatic carbocycles. The number of likely N-dealkylation sites (N-methyl/N-ethyl adjacent to an activating group) is 1. The Labute approximate surface area is 109 Å². The number of piperidine rings is 1. The summed E-state index contributed by atoms with van der Waals surface area (Å²) in [4.78, 5) is 6.87. The number of likely N-dealkylation sites (tertiary alicyclic amines) is 1. The zero-order chi connectivity index (χ0) is 12.4. The first-order valence-corrected chi connectivity index (χ1v) is 7.25. The van der Waals surface area contributed by atoms with Crippen LogP contribution in [0, 0.1) is 0 Å². The van der Waals surface area contributed by atoms with Crippen LogP contribution in [-0.2, 0) is 6.54 Å². The summed E-state index contributed by atoms with van der Waals surface area (Å²) in [5.41, 5.74) is 1.43. The van der Waals surface area contributed by atoms with Crippen molar-refractivity contribution in [1.82, 2.24) is 19.8 Å². The molecule has 2 saturated heterocycles. The molecule has 4 heteroatoms. The normalized spacial score (nSPS) is 29.8. The molecule has 2 fully saturated rings. The molecule has 4 nitrogen and oxygen atoms in total. The minimum absolute atomic E-state index is 0.660. The number of hydrogen-bond donors (Lipinski definition) is 1. The third-order valence-electron chi connectivity index (χ3n) is 4.54. The van der Waals surface area contributed by atoms with Crippen molar-refractivity contribution in [2.45, 2.75) is 44.2 Å². The van der Waals surface area contributed by atoms with E-state index in [0.29, 0.717) is 12.0 Å². The molecule has 1 aromatic rings. The van der Waals surface area contributed by atoms with Gasteiger partial charge >= 0.3 is 0 Å². The first-order chi connectivity index (χ1) is 8.84. The summed E-state index contributed by atoms with van der Waals surface area (Å²) in [7, 11) is 2.25. The zero-order valence-electron chi connectivity index (χ0n) is 11.3. The van der Waals surface area contributed by atoms with Crippen molar-refractivity contribution in [3.63, 3.8) is 0 Å². The van der Waals surface area contributed by atoms with Crippen LogP contribution in [0.4, 0.5) is 0 Å². The van der Waals surface area contributed by atoms with Gasteiger partial charge in [0.05, 0.1) is 6.33 Å². The fourth-order valence-electron chi connectivity index (χ4n) is 3.36. The molecule has 0 bridgehead atoms. The highest BCUT2D eigenvalue weighted by Crippen LogP contribution is 2.24. The molecule has 0 aliphatic carbocycles. The first kappa shape index (κ1) is 12.2. The van der Waals surface area contributed by atoms with Gasteiger partial charge in [-0.3, -0.25) is 0 Å². The molecule has 2 aliphatic rings. The smallest absolute Gasteiger partial charge is 0.0948 e. The highest BCUT2D eigenvalue weighted by molar-refractivity contribution is 5.08. The van der Waals surface area contributed by atoms with Crippen molar-refractivity contribution >= 4 is 0 Å². The summed E-state index contributed by atoms with van der Waals surface area (Å²) < 4.78 is 2.39. The molecule has 2 atom stereocenters. The predicted molar refractivity (Wildman–Crippen MR) is 72.7 cm³/mol. The minimum Gasteiger partial charge on any atom is -0.333 e. The van der Waals surface area contributed by atoms with Crippen LogP contribution < -0.4 is 5.32 Å². The van der Waals surface area contributed by atoms with Gasteiger partial charge in [-0.15, -0.1) is 0 Å². The molecule has 0 radical (unpaired) electrons. The second-order valence-electron chi connectivity index (χ2n) is 5.79. The van der Waals surface area contributed by atoms with Gasteiger partial charge in [-0.05, 0) is 45.8 Å². The lowest BCUT2D eigenvalue weighted by atomic mass is 9.96. The molecule has 1 N–H and O–H groups in total. The average Bonchev–Trinajstić information content (AvgIpc) is 3.01. The van der Waals surface area contributed by atoms with Crippen molar-refractivity contribution in [3.8, 4) is 0 Å². The standard InChI is InChI=1S/C14H24N4/c1-17-7-3-5-13(17)10-18-11-16-9-14(18)12-4-2-6-15-8-12/h9,11-13,15H,2-8,10H2,1H3. The minimum atomic E-state index is 0.660. The molecule has 2 unspecified atom stereocenters. The van der Waals surface area contributed by atoms with Gasteiger partial charge < -0.3 is 14.8 Å². The number of aromatic nitrogens is 2. The summed E-state index contributed by atoms with van der Waals surface area (Å²) >= 11 is 0. The number of imidazole rings is 1. The SMILES string of the molecule is CN1CCCC1Cn1cncc1C1CCCNC1. The second-order valence-corrected chi connectivity index (χ2v) is 5.79. The molecule has 100 valence electrons. The van der Waals surface area contributed by atoms with Gasteiger partial charge in [-0.2, -0.15) is 0 Å². The van der Waals surface area contributed by atoms with Crippen molar-refractivity contribution in [2.75, 3.05) is 26.7 Å². The number of hydrogen-bond acceptors (Lipinski definition) is 3. The fourth-order valence-corrected chi connectivity index (χ4v) is 3.36. The summed E-state index contributed by atoms with van der Waals surface area (Å²) in [6.45, 7) is 4.66. The largest absolute Gasteiger partial charge is 0.333 e. The van der Waals surface area contributed by atoms with E-state index in [1.54, 1.807) is 0 Å². The van der Waals surface area contributed by atoms with E-state index in [1.165, 1.54) is 44.5 Å². The Morgan fingerprint density at radius 3 is 3.06 bits per heavy atom. The summed E-state index contributed by atoms with van der Waals surface area (Å²) in [6, 6.07) is 0.703. The summed E-state index contributed by atoms with van der Waals surface area (Å²) in [5, 5.41) is 3.50. The number of nitrogens with zero attached hydrogens (tertiary/aromatic N) is 3. The van der Waals surface area contributed by atoms with Crippen LogP contribution in [0.1, 0.15) is 37.3 Å². The third kappa shape index (κ3) is 2.45. The van der Waals surface area contributed by atoms with Gasteiger partial charge in [-0.25, -0.2) is 4.98 Å². The van der Waals surface area contributed by atoms with Crippen LogP contribution in [0.25, 0.3) is 0 Å². The Balaban J connectivity index is 1.70. The van der Waals surface area contributed by atoms with Gasteiger partial charge in [0.2, 0.25) is 0 Å². The first-order valence-electron chi connectivity index (χ1n) is 7.25. The molecule has 3 rings (SSSR count). The highest BCUT2D eigenvalue weighted by Gasteiger charge is 2.24. The topological polar surface area (TPSA) is 33.1 Å².